The summed E-state index contributed by atoms with van der Waals surface area (Å²) >= 11 is 6.22. The van der Waals surface area contributed by atoms with E-state index in [1.807, 2.05) is 0 Å². The number of piperidine rings is 1. The molecule has 2 aliphatic rings. The van der Waals surface area contributed by atoms with Gasteiger partial charge < -0.3 is 5.32 Å². The van der Waals surface area contributed by atoms with Gasteiger partial charge in [0.05, 0.1) is 15.5 Å². The number of sulfonamides is 1. The van der Waals surface area contributed by atoms with E-state index in [1.54, 1.807) is 0 Å². The largest absolute Gasteiger partial charge is 0.351 e. The topological polar surface area (TPSA) is 69.7 Å². The maximum Gasteiger partial charge on any atom is 0.252 e. The summed E-state index contributed by atoms with van der Waals surface area (Å²) in [5.74, 6) is -0.326. The van der Waals surface area contributed by atoms with Crippen LogP contribution in [0.25, 0.3) is 0 Å². The number of carbonyl (C=O) groups is 1. The highest BCUT2D eigenvalue weighted by atomic mass is 35.5. The van der Waals surface area contributed by atoms with Gasteiger partial charge in [0.1, 0.15) is 0 Å². The standard InChI is InChI=1S/C21H32ClN3O3S/c1-17-8-4-7-12-24(17)15-11-23-21(26)19-16-18(9-10-20(19)22)29(27,28)25-13-5-2-3-6-14-25/h9-10,16-17H,2-8,11-15H2,1H3,(H,23,26)/t17-/m1/s1. The Morgan fingerprint density at radius 1 is 1.10 bits per heavy atom. The van der Waals surface area contributed by atoms with E-state index in [0.29, 0.717) is 25.7 Å². The number of nitrogens with zero attached hydrogens (tertiary/aromatic N) is 2. The number of benzene rings is 1. The molecule has 1 aromatic carbocycles. The Labute approximate surface area is 179 Å². The minimum absolute atomic E-state index is 0.138. The average molecular weight is 442 g/mol. The summed E-state index contributed by atoms with van der Waals surface area (Å²) in [6.07, 6.45) is 7.49. The highest BCUT2D eigenvalue weighted by Gasteiger charge is 2.26. The third kappa shape index (κ3) is 5.72. The Hall–Kier alpha value is -1.15. The Kier molecular flexibility index (Phi) is 7.96. The van der Waals surface area contributed by atoms with E-state index in [4.69, 9.17) is 11.6 Å². The Balaban J connectivity index is 1.67. The zero-order valence-corrected chi connectivity index (χ0v) is 18.8. The van der Waals surface area contributed by atoms with Crippen LogP contribution in [0.5, 0.6) is 0 Å². The Morgan fingerprint density at radius 2 is 1.79 bits per heavy atom. The SMILES string of the molecule is C[C@@H]1CCCCN1CCNC(=O)c1cc(S(=O)(=O)N2CCCCCC2)ccc1Cl. The minimum Gasteiger partial charge on any atom is -0.351 e. The molecule has 1 atom stereocenters. The van der Waals surface area contributed by atoms with E-state index >= 15 is 0 Å². The summed E-state index contributed by atoms with van der Waals surface area (Å²) in [5, 5.41) is 3.17. The smallest absolute Gasteiger partial charge is 0.252 e. The van der Waals surface area contributed by atoms with Gasteiger partial charge >= 0.3 is 0 Å². The number of hydrogen-bond acceptors (Lipinski definition) is 4. The summed E-state index contributed by atoms with van der Waals surface area (Å²) in [6, 6.07) is 4.95. The van der Waals surface area contributed by atoms with Crippen molar-refractivity contribution in [3.63, 3.8) is 0 Å². The van der Waals surface area contributed by atoms with Crippen molar-refractivity contribution in [2.24, 2.45) is 0 Å². The molecule has 8 heteroatoms. The number of hydrogen-bond donors (Lipinski definition) is 1. The molecule has 0 bridgehead atoms. The number of likely N-dealkylation sites (tertiary alicyclic amines) is 1. The van der Waals surface area contributed by atoms with Crippen molar-refractivity contribution in [3.8, 4) is 0 Å². The summed E-state index contributed by atoms with van der Waals surface area (Å²) in [5.41, 5.74) is 0.217. The molecule has 2 aliphatic heterocycles. The highest BCUT2D eigenvalue weighted by molar-refractivity contribution is 7.89. The van der Waals surface area contributed by atoms with Gasteiger partial charge in [-0.2, -0.15) is 4.31 Å². The van der Waals surface area contributed by atoms with Gasteiger partial charge in [0.25, 0.3) is 5.91 Å². The molecule has 6 nitrogen and oxygen atoms in total. The van der Waals surface area contributed by atoms with Crippen molar-refractivity contribution >= 4 is 27.5 Å². The molecule has 1 N–H and O–H groups in total. The minimum atomic E-state index is -3.62. The van der Waals surface area contributed by atoms with Crippen molar-refractivity contribution in [2.45, 2.75) is 62.8 Å². The third-order valence-electron chi connectivity index (χ3n) is 6.01. The molecule has 29 heavy (non-hydrogen) atoms. The molecular formula is C21H32ClN3O3S. The normalized spacial score (nSPS) is 22.2. The molecular weight excluding hydrogens is 410 g/mol. The number of carbonyl (C=O) groups excluding carboxylic acids is 1. The van der Waals surface area contributed by atoms with Crippen molar-refractivity contribution in [1.29, 1.82) is 0 Å². The van der Waals surface area contributed by atoms with Crippen molar-refractivity contribution in [2.75, 3.05) is 32.7 Å². The van der Waals surface area contributed by atoms with Crippen LogP contribution in [0.2, 0.25) is 5.02 Å². The van der Waals surface area contributed by atoms with Crippen LogP contribution in [0.3, 0.4) is 0 Å². The van der Waals surface area contributed by atoms with Crippen LogP contribution >= 0.6 is 11.6 Å². The first-order valence-electron chi connectivity index (χ1n) is 10.7. The molecule has 0 aromatic heterocycles. The average Bonchev–Trinajstić information content (AvgIpc) is 2.99. The number of amides is 1. The molecule has 0 spiro atoms. The Morgan fingerprint density at radius 3 is 2.48 bits per heavy atom. The van der Waals surface area contributed by atoms with E-state index in [-0.39, 0.29) is 21.4 Å². The monoisotopic (exact) mass is 441 g/mol. The van der Waals surface area contributed by atoms with Crippen molar-refractivity contribution in [1.82, 2.24) is 14.5 Å². The maximum absolute atomic E-state index is 13.0. The molecule has 3 rings (SSSR count). The first kappa shape index (κ1) is 22.5. The quantitative estimate of drug-likeness (QED) is 0.733. The van der Waals surface area contributed by atoms with Gasteiger partial charge in [-0.3, -0.25) is 9.69 Å². The fraction of sp³-hybridized carbons (Fsp3) is 0.667. The highest BCUT2D eigenvalue weighted by Crippen LogP contribution is 2.25. The van der Waals surface area contributed by atoms with Crippen LogP contribution < -0.4 is 5.32 Å². The summed E-state index contributed by atoms with van der Waals surface area (Å²) in [6.45, 7) is 5.64. The molecule has 2 saturated heterocycles. The van der Waals surface area contributed by atoms with Crippen molar-refractivity contribution < 1.29 is 13.2 Å². The van der Waals surface area contributed by atoms with Crippen LogP contribution in [0.1, 0.15) is 62.2 Å². The van der Waals surface area contributed by atoms with E-state index in [0.717, 1.165) is 38.8 Å². The van der Waals surface area contributed by atoms with Crippen LogP contribution in [-0.2, 0) is 10.0 Å². The van der Waals surface area contributed by atoms with Crippen LogP contribution in [0, 0.1) is 0 Å². The van der Waals surface area contributed by atoms with Crippen LogP contribution in [-0.4, -0.2) is 62.3 Å². The van der Waals surface area contributed by atoms with Gasteiger partial charge in [0, 0.05) is 32.2 Å². The predicted molar refractivity (Wildman–Crippen MR) is 116 cm³/mol. The Bertz CT molecular complexity index is 807. The first-order valence-corrected chi connectivity index (χ1v) is 12.5. The first-order chi connectivity index (χ1) is 13.9. The van der Waals surface area contributed by atoms with E-state index in [9.17, 15) is 13.2 Å². The van der Waals surface area contributed by atoms with E-state index in [1.165, 1.54) is 41.8 Å². The van der Waals surface area contributed by atoms with Gasteiger partial charge in [-0.1, -0.05) is 30.9 Å². The molecule has 2 fully saturated rings. The lowest BCUT2D eigenvalue weighted by Crippen LogP contribution is -2.42. The zero-order chi connectivity index (χ0) is 20.9. The molecule has 1 amide bonds. The van der Waals surface area contributed by atoms with Gasteiger partial charge in [-0.15, -0.1) is 0 Å². The summed E-state index contributed by atoms with van der Waals surface area (Å²) < 4.78 is 27.6. The van der Waals surface area contributed by atoms with E-state index in [2.05, 4.69) is 17.1 Å². The number of rotatable bonds is 6. The van der Waals surface area contributed by atoms with Crippen molar-refractivity contribution in [3.05, 3.63) is 28.8 Å². The van der Waals surface area contributed by atoms with Gasteiger partial charge in [0.2, 0.25) is 10.0 Å². The fourth-order valence-corrected chi connectivity index (χ4v) is 5.92. The van der Waals surface area contributed by atoms with Crippen LogP contribution in [0.4, 0.5) is 0 Å². The molecule has 2 heterocycles. The van der Waals surface area contributed by atoms with E-state index < -0.39 is 10.0 Å². The summed E-state index contributed by atoms with van der Waals surface area (Å²) in [7, 11) is -3.62. The molecule has 0 unspecified atom stereocenters. The second kappa shape index (κ2) is 10.2. The second-order valence-electron chi connectivity index (χ2n) is 8.10. The molecule has 1 aromatic rings. The lowest BCUT2D eigenvalue weighted by Gasteiger charge is -2.33. The number of halogens is 1. The lowest BCUT2D eigenvalue weighted by molar-refractivity contribution is 0.0938. The molecule has 0 saturated carbocycles. The molecule has 0 radical (unpaired) electrons. The van der Waals surface area contributed by atoms with Gasteiger partial charge in [-0.05, 0) is 57.4 Å². The summed E-state index contributed by atoms with van der Waals surface area (Å²) in [4.78, 5) is 15.2. The lowest BCUT2D eigenvalue weighted by atomic mass is 10.0. The third-order valence-corrected chi connectivity index (χ3v) is 8.23. The van der Waals surface area contributed by atoms with Gasteiger partial charge in [0.15, 0.2) is 0 Å². The molecule has 162 valence electrons. The molecule has 0 aliphatic carbocycles. The fourth-order valence-electron chi connectivity index (χ4n) is 4.17. The maximum atomic E-state index is 13.0. The number of nitrogens with one attached hydrogen (secondary N) is 1. The second-order valence-corrected chi connectivity index (χ2v) is 10.4. The zero-order valence-electron chi connectivity index (χ0n) is 17.2. The predicted octanol–water partition coefficient (Wildman–Crippen LogP) is 3.51. The van der Waals surface area contributed by atoms with Gasteiger partial charge in [-0.25, -0.2) is 8.42 Å². The van der Waals surface area contributed by atoms with Crippen LogP contribution in [0.15, 0.2) is 23.1 Å².